The van der Waals surface area contributed by atoms with Crippen molar-refractivity contribution < 1.29 is 18.0 Å². The minimum absolute atomic E-state index is 0.112. The van der Waals surface area contributed by atoms with E-state index in [1.54, 1.807) is 48.5 Å². The first-order valence-electron chi connectivity index (χ1n) is 8.50. The summed E-state index contributed by atoms with van der Waals surface area (Å²) < 4.78 is 25.4. The quantitative estimate of drug-likeness (QED) is 0.556. The Morgan fingerprint density at radius 2 is 1.39 bits per heavy atom. The van der Waals surface area contributed by atoms with Gasteiger partial charge < -0.3 is 5.32 Å². The Hall–Kier alpha value is -3.45. The van der Waals surface area contributed by atoms with Gasteiger partial charge in [-0.3, -0.25) is 14.3 Å². The molecule has 0 heterocycles. The van der Waals surface area contributed by atoms with Crippen LogP contribution in [-0.4, -0.2) is 26.4 Å². The van der Waals surface area contributed by atoms with Gasteiger partial charge in [-0.15, -0.1) is 0 Å². The molecule has 0 radical (unpaired) electrons. The summed E-state index contributed by atoms with van der Waals surface area (Å²) in [5.41, 5.74) is 3.67. The lowest BCUT2D eigenvalue weighted by molar-refractivity contribution is 0.102. The summed E-state index contributed by atoms with van der Waals surface area (Å²) in [6.45, 7) is 0. The molecule has 3 aromatic carbocycles. The van der Waals surface area contributed by atoms with Crippen LogP contribution in [0.2, 0.25) is 0 Å². The van der Waals surface area contributed by atoms with Gasteiger partial charge in [0.1, 0.15) is 0 Å². The zero-order valence-electron chi connectivity index (χ0n) is 14.9. The van der Waals surface area contributed by atoms with Crippen LogP contribution in [0.25, 0.3) is 11.1 Å². The number of hydrogen-bond acceptors (Lipinski definition) is 4. The molecule has 1 aliphatic carbocycles. The molecule has 0 atom stereocenters. The Balaban J connectivity index is 1.64. The lowest BCUT2D eigenvalue weighted by Gasteiger charge is -2.12. The van der Waals surface area contributed by atoms with Gasteiger partial charge in [0.25, 0.3) is 5.91 Å². The number of anilines is 2. The van der Waals surface area contributed by atoms with E-state index in [4.69, 9.17) is 0 Å². The van der Waals surface area contributed by atoms with Gasteiger partial charge in [-0.05, 0) is 35.4 Å². The Kier molecular flexibility index (Phi) is 4.24. The third-order valence-corrected chi connectivity index (χ3v) is 5.05. The second-order valence-electron chi connectivity index (χ2n) is 6.51. The van der Waals surface area contributed by atoms with Crippen LogP contribution in [0.1, 0.15) is 26.3 Å². The molecule has 0 saturated carbocycles. The molecule has 3 aromatic rings. The van der Waals surface area contributed by atoms with Crippen LogP contribution in [-0.2, 0) is 10.0 Å². The Morgan fingerprint density at radius 3 is 2.11 bits per heavy atom. The van der Waals surface area contributed by atoms with E-state index in [1.165, 1.54) is 0 Å². The van der Waals surface area contributed by atoms with Gasteiger partial charge in [-0.1, -0.05) is 42.5 Å². The minimum atomic E-state index is -3.49. The van der Waals surface area contributed by atoms with Gasteiger partial charge in [0, 0.05) is 16.7 Å². The van der Waals surface area contributed by atoms with Crippen molar-refractivity contribution in [3.63, 3.8) is 0 Å². The highest BCUT2D eigenvalue weighted by atomic mass is 32.2. The summed E-state index contributed by atoms with van der Waals surface area (Å²) in [5, 5.41) is 2.70. The normalized spacial score (nSPS) is 12.2. The van der Waals surface area contributed by atoms with Crippen molar-refractivity contribution in [3.8, 4) is 11.1 Å². The summed E-state index contributed by atoms with van der Waals surface area (Å²) in [6.07, 6.45) is 1.04. The molecule has 2 N–H and O–H groups in total. The summed E-state index contributed by atoms with van der Waals surface area (Å²) in [4.78, 5) is 25.3. The maximum absolute atomic E-state index is 12.7. The molecule has 0 fully saturated rings. The zero-order valence-corrected chi connectivity index (χ0v) is 15.7. The van der Waals surface area contributed by atoms with Crippen molar-refractivity contribution in [1.82, 2.24) is 0 Å². The minimum Gasteiger partial charge on any atom is -0.320 e. The molecule has 6 nitrogen and oxygen atoms in total. The van der Waals surface area contributed by atoms with Crippen LogP contribution in [0.3, 0.4) is 0 Å². The van der Waals surface area contributed by atoms with Gasteiger partial charge >= 0.3 is 0 Å². The van der Waals surface area contributed by atoms with Crippen LogP contribution < -0.4 is 10.0 Å². The van der Waals surface area contributed by atoms with Gasteiger partial charge in [0.2, 0.25) is 10.0 Å². The molecule has 0 unspecified atom stereocenters. The van der Waals surface area contributed by atoms with Crippen molar-refractivity contribution in [2.45, 2.75) is 0 Å². The molecular weight excluding hydrogens is 376 g/mol. The van der Waals surface area contributed by atoms with Crippen molar-refractivity contribution in [3.05, 3.63) is 83.4 Å². The first-order valence-corrected chi connectivity index (χ1v) is 10.4. The number of nitrogens with one attached hydrogen (secondary N) is 2. The average Bonchev–Trinajstić information content (AvgIpc) is 2.95. The molecule has 28 heavy (non-hydrogen) atoms. The highest BCUT2D eigenvalue weighted by Gasteiger charge is 2.27. The fourth-order valence-corrected chi connectivity index (χ4v) is 3.82. The van der Waals surface area contributed by atoms with Crippen LogP contribution >= 0.6 is 0 Å². The van der Waals surface area contributed by atoms with Gasteiger partial charge in [0.15, 0.2) is 5.78 Å². The van der Waals surface area contributed by atoms with Crippen molar-refractivity contribution >= 4 is 33.1 Å². The Labute approximate surface area is 162 Å². The van der Waals surface area contributed by atoms with E-state index < -0.39 is 15.9 Å². The van der Waals surface area contributed by atoms with E-state index in [1.807, 2.05) is 18.2 Å². The monoisotopic (exact) mass is 392 g/mol. The molecule has 1 amide bonds. The second kappa shape index (κ2) is 6.61. The number of hydrogen-bond donors (Lipinski definition) is 2. The molecule has 0 aliphatic heterocycles. The van der Waals surface area contributed by atoms with Crippen LogP contribution in [0.15, 0.2) is 66.7 Å². The molecule has 140 valence electrons. The van der Waals surface area contributed by atoms with Crippen LogP contribution in [0.5, 0.6) is 0 Å². The zero-order chi connectivity index (χ0) is 19.9. The highest BCUT2D eigenvalue weighted by molar-refractivity contribution is 7.92. The maximum atomic E-state index is 12.7. The SMILES string of the molecule is CS(=O)(=O)Nc1ccccc1NC(=O)c1ccc2c(c1)C(=O)c1ccccc1-2. The lowest BCUT2D eigenvalue weighted by atomic mass is 10.0. The fraction of sp³-hybridized carbons (Fsp3) is 0.0476. The van der Waals surface area contributed by atoms with Crippen LogP contribution in [0.4, 0.5) is 11.4 Å². The fourth-order valence-electron chi connectivity index (χ4n) is 3.24. The molecule has 1 aliphatic rings. The summed E-state index contributed by atoms with van der Waals surface area (Å²) in [5.74, 6) is -0.547. The lowest BCUT2D eigenvalue weighted by Crippen LogP contribution is -2.16. The number of amides is 1. The number of carbonyl (C=O) groups excluding carboxylic acids is 2. The highest BCUT2D eigenvalue weighted by Crippen LogP contribution is 2.36. The second-order valence-corrected chi connectivity index (χ2v) is 8.26. The number of para-hydroxylation sites is 2. The third-order valence-electron chi connectivity index (χ3n) is 4.46. The van der Waals surface area contributed by atoms with Crippen LogP contribution in [0, 0.1) is 0 Å². The number of benzene rings is 3. The molecule has 0 aromatic heterocycles. The topological polar surface area (TPSA) is 92.3 Å². The van der Waals surface area contributed by atoms with E-state index in [-0.39, 0.29) is 11.5 Å². The standard InChI is InChI=1S/C21H16N2O4S/c1-28(26,27)23-19-9-5-4-8-18(19)22-21(25)13-10-11-15-14-6-2-3-7-16(14)20(24)17(15)12-13/h2-12,23H,1H3,(H,22,25). The molecule has 0 spiro atoms. The first kappa shape index (κ1) is 17.9. The van der Waals surface area contributed by atoms with Gasteiger partial charge in [-0.2, -0.15) is 0 Å². The van der Waals surface area contributed by atoms with E-state index in [0.29, 0.717) is 22.4 Å². The summed E-state index contributed by atoms with van der Waals surface area (Å²) in [6, 6.07) is 18.8. The van der Waals surface area contributed by atoms with Crippen molar-refractivity contribution in [2.24, 2.45) is 0 Å². The molecular formula is C21H16N2O4S. The number of carbonyl (C=O) groups is 2. The summed E-state index contributed by atoms with van der Waals surface area (Å²) >= 11 is 0. The molecule has 0 saturated heterocycles. The van der Waals surface area contributed by atoms with E-state index >= 15 is 0 Å². The van der Waals surface area contributed by atoms with Crippen molar-refractivity contribution in [1.29, 1.82) is 0 Å². The largest absolute Gasteiger partial charge is 0.320 e. The smallest absolute Gasteiger partial charge is 0.255 e. The first-order chi connectivity index (χ1) is 13.3. The summed E-state index contributed by atoms with van der Waals surface area (Å²) in [7, 11) is -3.49. The van der Waals surface area contributed by atoms with Gasteiger partial charge in [-0.25, -0.2) is 8.42 Å². The Bertz CT molecular complexity index is 1230. The van der Waals surface area contributed by atoms with Crippen molar-refractivity contribution in [2.75, 3.05) is 16.3 Å². The predicted octanol–water partition coefficient (Wildman–Crippen LogP) is 3.52. The average molecular weight is 392 g/mol. The number of sulfonamides is 1. The van der Waals surface area contributed by atoms with E-state index in [2.05, 4.69) is 10.0 Å². The third kappa shape index (κ3) is 3.27. The van der Waals surface area contributed by atoms with E-state index in [9.17, 15) is 18.0 Å². The predicted molar refractivity (Wildman–Crippen MR) is 108 cm³/mol. The molecule has 4 rings (SSSR count). The Morgan fingerprint density at radius 1 is 0.786 bits per heavy atom. The van der Waals surface area contributed by atoms with E-state index in [0.717, 1.165) is 17.4 Å². The number of fused-ring (bicyclic) bond motifs is 3. The van der Waals surface area contributed by atoms with Gasteiger partial charge in [0.05, 0.1) is 17.6 Å². The molecule has 0 bridgehead atoms. The number of ketones is 1. The maximum Gasteiger partial charge on any atom is 0.255 e. The number of rotatable bonds is 4. The molecule has 7 heteroatoms.